The van der Waals surface area contributed by atoms with Gasteiger partial charge in [0.25, 0.3) is 5.56 Å². The lowest BCUT2D eigenvalue weighted by Crippen LogP contribution is -2.03. The number of hydrogen-bond donors (Lipinski definition) is 1. The van der Waals surface area contributed by atoms with Crippen LogP contribution in [0.1, 0.15) is 23.7 Å². The highest BCUT2D eigenvalue weighted by Crippen LogP contribution is 2.42. The zero-order valence-corrected chi connectivity index (χ0v) is 17.2. The van der Waals surface area contributed by atoms with E-state index < -0.39 is 0 Å². The number of nitrogens with one attached hydrogen (secondary N) is 1. The molecule has 0 fully saturated rings. The summed E-state index contributed by atoms with van der Waals surface area (Å²) in [5, 5.41) is 0. The Labute approximate surface area is 178 Å². The summed E-state index contributed by atoms with van der Waals surface area (Å²) in [7, 11) is 1.65. The van der Waals surface area contributed by atoms with E-state index in [0.29, 0.717) is 5.88 Å². The first-order valence-electron chi connectivity index (χ1n) is 9.79. The van der Waals surface area contributed by atoms with Crippen molar-refractivity contribution in [2.75, 3.05) is 7.11 Å². The molecule has 6 heteroatoms. The number of fused-ring (bicyclic) bond motifs is 1. The lowest BCUT2D eigenvalue weighted by molar-refractivity contribution is 0.207. The highest BCUT2D eigenvalue weighted by molar-refractivity contribution is 7.09. The zero-order valence-electron chi connectivity index (χ0n) is 16.4. The zero-order chi connectivity index (χ0) is 20.5. The van der Waals surface area contributed by atoms with Crippen molar-refractivity contribution in [1.82, 2.24) is 9.36 Å². The van der Waals surface area contributed by atoms with E-state index >= 15 is 0 Å². The fraction of sp³-hybridized carbons (Fsp3) is 0.167. The van der Waals surface area contributed by atoms with Crippen LogP contribution < -0.4 is 15.0 Å². The van der Waals surface area contributed by atoms with Gasteiger partial charge in [0, 0.05) is 17.8 Å². The average Bonchev–Trinajstić information content (AvgIpc) is 3.40. The Hall–Kier alpha value is -3.38. The molecular formula is C24H20N2O3S. The summed E-state index contributed by atoms with van der Waals surface area (Å²) in [6, 6.07) is 19.8. The van der Waals surface area contributed by atoms with E-state index in [4.69, 9.17) is 9.47 Å². The Morgan fingerprint density at radius 1 is 1.07 bits per heavy atom. The molecule has 1 N–H and O–H groups in total. The number of ether oxygens (including phenoxy) is 2. The van der Waals surface area contributed by atoms with Gasteiger partial charge in [0.05, 0.1) is 12.0 Å². The summed E-state index contributed by atoms with van der Waals surface area (Å²) >= 11 is 1.34. The molecule has 5 rings (SSSR count). The molecule has 30 heavy (non-hydrogen) atoms. The number of hydrogen-bond acceptors (Lipinski definition) is 5. The first-order chi connectivity index (χ1) is 14.7. The van der Waals surface area contributed by atoms with E-state index in [1.807, 2.05) is 36.4 Å². The summed E-state index contributed by atoms with van der Waals surface area (Å²) in [6.45, 7) is 0. The van der Waals surface area contributed by atoms with Gasteiger partial charge in [-0.3, -0.25) is 9.17 Å². The molecule has 0 saturated heterocycles. The standard InChI is InChI=1S/C24H20N2O3S/c1-28-24-20(6-3-13-25-24)17-4-2-5-19-18(17)11-12-21(19)29-16-9-7-15(8-10-16)22-14-23(27)26-30-22/h2-10,13-14,21H,11-12H2,1H3,(H,26,27)/t21-/m1/s1. The molecule has 2 heterocycles. The van der Waals surface area contributed by atoms with Gasteiger partial charge in [-0.2, -0.15) is 0 Å². The number of benzene rings is 2. The molecule has 1 atom stereocenters. The fourth-order valence-electron chi connectivity index (χ4n) is 4.04. The van der Waals surface area contributed by atoms with E-state index in [1.165, 1.54) is 22.7 Å². The number of H-pyrrole nitrogens is 1. The molecule has 1 aliphatic carbocycles. The third-order valence-corrected chi connectivity index (χ3v) is 6.29. The summed E-state index contributed by atoms with van der Waals surface area (Å²) in [5.41, 5.74) is 5.60. The van der Waals surface area contributed by atoms with Crippen LogP contribution in [0.15, 0.2) is 71.7 Å². The Morgan fingerprint density at radius 2 is 1.90 bits per heavy atom. The normalized spacial score (nSPS) is 15.0. The molecule has 0 saturated carbocycles. The predicted molar refractivity (Wildman–Crippen MR) is 118 cm³/mol. The molecule has 0 spiro atoms. The molecule has 0 amide bonds. The highest BCUT2D eigenvalue weighted by Gasteiger charge is 2.27. The van der Waals surface area contributed by atoms with E-state index in [-0.39, 0.29) is 11.7 Å². The van der Waals surface area contributed by atoms with Crippen LogP contribution in [-0.4, -0.2) is 16.5 Å². The van der Waals surface area contributed by atoms with Gasteiger partial charge >= 0.3 is 0 Å². The average molecular weight is 417 g/mol. The molecule has 0 unspecified atom stereocenters. The van der Waals surface area contributed by atoms with Crippen LogP contribution in [0.3, 0.4) is 0 Å². The van der Waals surface area contributed by atoms with Crippen molar-refractivity contribution in [2.24, 2.45) is 0 Å². The molecule has 5 nitrogen and oxygen atoms in total. The quantitative estimate of drug-likeness (QED) is 0.483. The van der Waals surface area contributed by atoms with Crippen molar-refractivity contribution < 1.29 is 9.47 Å². The fourth-order valence-corrected chi connectivity index (χ4v) is 4.73. The van der Waals surface area contributed by atoms with Crippen LogP contribution in [0, 0.1) is 0 Å². The van der Waals surface area contributed by atoms with Gasteiger partial charge in [0.15, 0.2) is 0 Å². The van der Waals surface area contributed by atoms with Crippen molar-refractivity contribution >= 4 is 11.5 Å². The number of nitrogens with zero attached hydrogens (tertiary/aromatic N) is 1. The molecule has 0 radical (unpaired) electrons. The molecule has 150 valence electrons. The maximum absolute atomic E-state index is 11.4. The molecule has 2 aromatic carbocycles. The Balaban J connectivity index is 1.41. The lowest BCUT2D eigenvalue weighted by Gasteiger charge is -2.16. The predicted octanol–water partition coefficient (Wildman–Crippen LogP) is 5.24. The second kappa shape index (κ2) is 7.80. The van der Waals surface area contributed by atoms with Crippen molar-refractivity contribution in [3.63, 3.8) is 0 Å². The van der Waals surface area contributed by atoms with Gasteiger partial charge in [0.2, 0.25) is 5.88 Å². The van der Waals surface area contributed by atoms with Gasteiger partial charge in [-0.25, -0.2) is 4.98 Å². The number of rotatable bonds is 5. The number of aromatic nitrogens is 2. The van der Waals surface area contributed by atoms with Gasteiger partial charge in [-0.1, -0.05) is 29.7 Å². The van der Waals surface area contributed by atoms with Crippen LogP contribution in [0.2, 0.25) is 0 Å². The van der Waals surface area contributed by atoms with Crippen LogP contribution in [0.4, 0.5) is 0 Å². The molecule has 1 aliphatic rings. The van der Waals surface area contributed by atoms with Crippen molar-refractivity contribution in [1.29, 1.82) is 0 Å². The minimum absolute atomic E-state index is 0.0109. The SMILES string of the molecule is COc1ncccc1-c1cccc2c1CC[C@H]2Oc1ccc(-c2cc(=O)[nH]s2)cc1. The van der Waals surface area contributed by atoms with E-state index in [9.17, 15) is 4.79 Å². The minimum Gasteiger partial charge on any atom is -0.486 e. The van der Waals surface area contributed by atoms with Gasteiger partial charge in [-0.15, -0.1) is 0 Å². The molecule has 0 bridgehead atoms. The Morgan fingerprint density at radius 3 is 2.67 bits per heavy atom. The van der Waals surface area contributed by atoms with Crippen molar-refractivity contribution in [3.8, 4) is 33.2 Å². The maximum atomic E-state index is 11.4. The third kappa shape index (κ3) is 3.39. The topological polar surface area (TPSA) is 64.2 Å². The smallest absolute Gasteiger partial charge is 0.258 e. The summed E-state index contributed by atoms with van der Waals surface area (Å²) in [4.78, 5) is 16.6. The number of pyridine rings is 1. The van der Waals surface area contributed by atoms with Crippen LogP contribution in [0.25, 0.3) is 21.6 Å². The first kappa shape index (κ1) is 18.6. The van der Waals surface area contributed by atoms with Gasteiger partial charge < -0.3 is 9.47 Å². The Bertz CT molecular complexity index is 1240. The monoisotopic (exact) mass is 416 g/mol. The second-order valence-electron chi connectivity index (χ2n) is 7.18. The summed E-state index contributed by atoms with van der Waals surface area (Å²) < 4.78 is 14.5. The lowest BCUT2D eigenvalue weighted by atomic mass is 9.97. The molecule has 4 aromatic rings. The number of methoxy groups -OCH3 is 1. The first-order valence-corrected chi connectivity index (χ1v) is 10.6. The number of aromatic amines is 1. The molecular weight excluding hydrogens is 396 g/mol. The van der Waals surface area contributed by atoms with Crippen LogP contribution >= 0.6 is 11.5 Å². The van der Waals surface area contributed by atoms with Crippen molar-refractivity contribution in [3.05, 3.63) is 88.3 Å². The van der Waals surface area contributed by atoms with Crippen molar-refractivity contribution in [2.45, 2.75) is 18.9 Å². The van der Waals surface area contributed by atoms with Crippen LogP contribution in [-0.2, 0) is 6.42 Å². The largest absolute Gasteiger partial charge is 0.486 e. The maximum Gasteiger partial charge on any atom is 0.258 e. The molecule has 2 aromatic heterocycles. The third-order valence-electron chi connectivity index (χ3n) is 5.41. The summed E-state index contributed by atoms with van der Waals surface area (Å²) in [5.74, 6) is 1.46. The molecule has 0 aliphatic heterocycles. The summed E-state index contributed by atoms with van der Waals surface area (Å²) in [6.07, 6.45) is 3.63. The van der Waals surface area contributed by atoms with Crippen LogP contribution in [0.5, 0.6) is 11.6 Å². The highest BCUT2D eigenvalue weighted by atomic mass is 32.1. The minimum atomic E-state index is -0.0704. The van der Waals surface area contributed by atoms with Gasteiger partial charge in [-0.05, 0) is 71.5 Å². The Kier molecular flexibility index (Phi) is 4.85. The van der Waals surface area contributed by atoms with E-state index in [0.717, 1.165) is 40.2 Å². The van der Waals surface area contributed by atoms with Gasteiger partial charge in [0.1, 0.15) is 11.9 Å². The van der Waals surface area contributed by atoms with E-state index in [1.54, 1.807) is 19.4 Å². The van der Waals surface area contributed by atoms with E-state index in [2.05, 4.69) is 27.6 Å². The second-order valence-corrected chi connectivity index (χ2v) is 8.03.